The van der Waals surface area contributed by atoms with Crippen molar-refractivity contribution in [2.75, 3.05) is 0 Å². The molecule has 0 aromatic carbocycles. The molecule has 0 heterocycles. The first-order valence-electron chi connectivity index (χ1n) is 10.7. The summed E-state index contributed by atoms with van der Waals surface area (Å²) in [6, 6.07) is 0. The van der Waals surface area contributed by atoms with Crippen LogP contribution in [0.5, 0.6) is 0 Å². The van der Waals surface area contributed by atoms with Crippen LogP contribution in [0.3, 0.4) is 0 Å². The van der Waals surface area contributed by atoms with Crippen molar-refractivity contribution in [3.05, 3.63) is 11.6 Å². The Balaban J connectivity index is 1.54. The smallest absolute Gasteiger partial charge is 0.303 e. The van der Waals surface area contributed by atoms with Gasteiger partial charge in [-0.1, -0.05) is 23.6 Å². The second-order valence-electron chi connectivity index (χ2n) is 8.81. The average molecular weight is 370 g/mol. The van der Waals surface area contributed by atoms with Gasteiger partial charge >= 0.3 is 5.97 Å². The van der Waals surface area contributed by atoms with Crippen LogP contribution < -0.4 is 0 Å². The minimum atomic E-state index is -0.399. The summed E-state index contributed by atoms with van der Waals surface area (Å²) in [6.07, 6.45) is 10.8. The van der Waals surface area contributed by atoms with Gasteiger partial charge in [-0.3, -0.25) is 4.79 Å². The highest BCUT2D eigenvalue weighted by Gasteiger charge is 2.51. The van der Waals surface area contributed by atoms with E-state index in [1.54, 1.807) is 0 Å². The van der Waals surface area contributed by atoms with Gasteiger partial charge in [-0.15, -0.1) is 5.92 Å². The molecule has 3 fully saturated rings. The number of rotatable bonds is 1. The van der Waals surface area contributed by atoms with Gasteiger partial charge in [-0.2, -0.15) is 0 Å². The highest BCUT2D eigenvalue weighted by Crippen LogP contribution is 2.58. The van der Waals surface area contributed by atoms with E-state index < -0.39 is 6.10 Å². The molecular weight excluding hydrogens is 338 g/mol. The molecule has 4 nitrogen and oxygen atoms in total. The SMILES string of the molecule is CCC#C[C@@H]1CC[C@H]2[C@@H]3CCC4=CC(=NO)C(OC(C)=O)C[C@@H]4[C@H]3CC[C@@H]21. The number of oxime groups is 1. The summed E-state index contributed by atoms with van der Waals surface area (Å²) in [6.45, 7) is 3.57. The minimum absolute atomic E-state index is 0.304. The van der Waals surface area contributed by atoms with Crippen molar-refractivity contribution >= 4 is 11.7 Å². The lowest BCUT2D eigenvalue weighted by Crippen LogP contribution is -2.44. The van der Waals surface area contributed by atoms with Crippen LogP contribution in [0.25, 0.3) is 0 Å². The van der Waals surface area contributed by atoms with Gasteiger partial charge in [-0.05, 0) is 80.6 Å². The molecule has 0 spiro atoms. The molecule has 4 aliphatic rings. The maximum absolute atomic E-state index is 11.5. The van der Waals surface area contributed by atoms with Crippen LogP contribution in [0.15, 0.2) is 16.8 Å². The Morgan fingerprint density at radius 3 is 2.67 bits per heavy atom. The Bertz CT molecular complexity index is 713. The molecular formula is C23H31NO3. The maximum Gasteiger partial charge on any atom is 0.303 e. The zero-order valence-corrected chi connectivity index (χ0v) is 16.5. The topological polar surface area (TPSA) is 58.9 Å². The molecule has 146 valence electrons. The second-order valence-corrected chi connectivity index (χ2v) is 8.81. The minimum Gasteiger partial charge on any atom is -0.456 e. The number of carbonyl (C=O) groups is 1. The molecule has 0 aromatic rings. The Hall–Kier alpha value is -1.76. The van der Waals surface area contributed by atoms with Crippen LogP contribution in [0.4, 0.5) is 0 Å². The molecule has 4 rings (SSSR count). The van der Waals surface area contributed by atoms with Crippen molar-refractivity contribution in [3.63, 3.8) is 0 Å². The molecule has 1 unspecified atom stereocenters. The lowest BCUT2D eigenvalue weighted by atomic mass is 9.55. The van der Waals surface area contributed by atoms with E-state index in [1.807, 2.05) is 6.08 Å². The molecule has 27 heavy (non-hydrogen) atoms. The average Bonchev–Trinajstić information content (AvgIpc) is 3.08. The van der Waals surface area contributed by atoms with E-state index >= 15 is 0 Å². The Morgan fingerprint density at radius 1 is 1.19 bits per heavy atom. The lowest BCUT2D eigenvalue weighted by Gasteiger charge is -2.50. The predicted octanol–water partition coefficient (Wildman–Crippen LogP) is 4.57. The Labute approximate surface area is 162 Å². The van der Waals surface area contributed by atoms with E-state index in [0.717, 1.165) is 37.0 Å². The number of hydrogen-bond acceptors (Lipinski definition) is 4. The number of hydrogen-bond donors (Lipinski definition) is 1. The van der Waals surface area contributed by atoms with Gasteiger partial charge in [0.1, 0.15) is 11.8 Å². The fourth-order valence-corrected chi connectivity index (χ4v) is 6.64. The van der Waals surface area contributed by atoms with Gasteiger partial charge in [-0.25, -0.2) is 0 Å². The molecule has 4 heteroatoms. The zero-order valence-electron chi connectivity index (χ0n) is 16.5. The molecule has 7 atom stereocenters. The second kappa shape index (κ2) is 7.70. The summed E-state index contributed by atoms with van der Waals surface area (Å²) >= 11 is 0. The normalized spacial score (nSPS) is 41.5. The number of nitrogens with zero attached hydrogens (tertiary/aromatic N) is 1. The highest BCUT2D eigenvalue weighted by molar-refractivity contribution is 6.00. The van der Waals surface area contributed by atoms with Crippen LogP contribution in [-0.4, -0.2) is 23.0 Å². The third-order valence-electron chi connectivity index (χ3n) is 7.59. The van der Waals surface area contributed by atoms with Gasteiger partial charge in [0, 0.05) is 19.3 Å². The summed E-state index contributed by atoms with van der Waals surface area (Å²) in [4.78, 5) is 11.5. The third kappa shape index (κ3) is 3.42. The predicted molar refractivity (Wildman–Crippen MR) is 104 cm³/mol. The summed E-state index contributed by atoms with van der Waals surface area (Å²) in [5, 5.41) is 12.8. The number of fused-ring (bicyclic) bond motifs is 5. The fraction of sp³-hybridized carbons (Fsp3) is 0.739. The van der Waals surface area contributed by atoms with E-state index in [0.29, 0.717) is 23.5 Å². The van der Waals surface area contributed by atoms with Crippen LogP contribution in [0.1, 0.15) is 65.2 Å². The van der Waals surface area contributed by atoms with Crippen LogP contribution in [0.2, 0.25) is 0 Å². The lowest BCUT2D eigenvalue weighted by molar-refractivity contribution is -0.144. The van der Waals surface area contributed by atoms with Crippen LogP contribution >= 0.6 is 0 Å². The zero-order chi connectivity index (χ0) is 19.0. The van der Waals surface area contributed by atoms with E-state index in [4.69, 9.17) is 4.74 Å². The van der Waals surface area contributed by atoms with Crippen molar-refractivity contribution < 1.29 is 14.7 Å². The molecule has 0 amide bonds. The van der Waals surface area contributed by atoms with Crippen molar-refractivity contribution in [1.82, 2.24) is 0 Å². The van der Waals surface area contributed by atoms with Crippen LogP contribution in [0, 0.1) is 47.3 Å². The number of allylic oxidation sites excluding steroid dienone is 1. The summed E-state index contributed by atoms with van der Waals surface area (Å²) in [7, 11) is 0. The molecule has 0 aromatic heterocycles. The Morgan fingerprint density at radius 2 is 1.93 bits per heavy atom. The van der Waals surface area contributed by atoms with E-state index in [2.05, 4.69) is 23.9 Å². The van der Waals surface area contributed by atoms with Gasteiger partial charge in [0.05, 0.1) is 0 Å². The fourth-order valence-electron chi connectivity index (χ4n) is 6.64. The van der Waals surface area contributed by atoms with E-state index in [9.17, 15) is 10.0 Å². The number of carbonyl (C=O) groups excluding carboxylic acids is 1. The van der Waals surface area contributed by atoms with Gasteiger partial charge in [0.25, 0.3) is 0 Å². The molecule has 0 saturated heterocycles. The molecule has 0 radical (unpaired) electrons. The standard InChI is InChI=1S/C23H31NO3/c1-3-4-5-15-6-8-18-17(15)10-11-20-19(18)9-7-16-12-22(24-26)23(13-21(16)20)27-14(2)25/h12,15,17-21,23,26H,3,6-11,13H2,1-2H3/t15-,17-,18-,19+,20+,21+,23?/m1/s1. The molecule has 0 bridgehead atoms. The molecule has 3 saturated carbocycles. The highest BCUT2D eigenvalue weighted by atomic mass is 16.5. The molecule has 1 N–H and O–H groups in total. The summed E-state index contributed by atoms with van der Waals surface area (Å²) < 4.78 is 5.48. The maximum atomic E-state index is 11.5. The van der Waals surface area contributed by atoms with Gasteiger partial charge < -0.3 is 9.94 Å². The first kappa shape index (κ1) is 18.6. The number of esters is 1. The van der Waals surface area contributed by atoms with E-state index in [-0.39, 0.29) is 5.97 Å². The Kier molecular flexibility index (Phi) is 5.30. The number of ether oxygens (including phenoxy) is 1. The first-order chi connectivity index (χ1) is 13.1. The van der Waals surface area contributed by atoms with E-state index in [1.165, 1.54) is 44.6 Å². The molecule has 4 aliphatic carbocycles. The van der Waals surface area contributed by atoms with Crippen molar-refractivity contribution in [2.45, 2.75) is 71.3 Å². The largest absolute Gasteiger partial charge is 0.456 e. The summed E-state index contributed by atoms with van der Waals surface area (Å²) in [5.74, 6) is 10.8. The van der Waals surface area contributed by atoms with Crippen molar-refractivity contribution in [1.29, 1.82) is 0 Å². The molecule has 0 aliphatic heterocycles. The third-order valence-corrected chi connectivity index (χ3v) is 7.59. The quantitative estimate of drug-likeness (QED) is 0.319. The van der Waals surface area contributed by atoms with Gasteiger partial charge in [0.2, 0.25) is 0 Å². The first-order valence-corrected chi connectivity index (χ1v) is 10.7. The van der Waals surface area contributed by atoms with Crippen molar-refractivity contribution in [2.24, 2.45) is 40.7 Å². The summed E-state index contributed by atoms with van der Waals surface area (Å²) in [5.41, 5.74) is 1.92. The monoisotopic (exact) mass is 369 g/mol. The van der Waals surface area contributed by atoms with Gasteiger partial charge in [0.15, 0.2) is 0 Å². The van der Waals surface area contributed by atoms with Crippen molar-refractivity contribution in [3.8, 4) is 11.8 Å². The van der Waals surface area contributed by atoms with Crippen LogP contribution in [-0.2, 0) is 9.53 Å².